The van der Waals surface area contributed by atoms with Crippen molar-refractivity contribution < 1.29 is 19.1 Å². The number of hydrogen-bond donors (Lipinski definition) is 2. The van der Waals surface area contributed by atoms with Crippen LogP contribution in [0.4, 0.5) is 0 Å². The van der Waals surface area contributed by atoms with E-state index in [1.807, 2.05) is 19.0 Å². The SMILES string of the molecule is CCCCCCCCCCC(CCCCCCCC)C(=O)NC(CCSCCC(=O)OCCCCCC)C(=O)NCCN(C)C. The standard InChI is InChI=1S/C37H73N3O4S/c1-6-9-12-15-17-18-20-22-25-33(24-21-19-16-13-10-7-2)36(42)39-34(37(43)38-28-29-40(4)5)26-31-45-32-27-35(41)44-30-23-14-11-8-3/h33-34H,6-32H2,1-5H3,(H,38,43)(H,39,42). The molecule has 2 atom stereocenters. The molecule has 45 heavy (non-hydrogen) atoms. The number of carbonyl (C=O) groups is 3. The highest BCUT2D eigenvalue weighted by Crippen LogP contribution is 2.21. The number of thioether (sulfide) groups is 1. The lowest BCUT2D eigenvalue weighted by molar-refractivity contribution is -0.143. The number of ether oxygens (including phenoxy) is 1. The lowest BCUT2D eigenvalue weighted by Gasteiger charge is -2.23. The van der Waals surface area contributed by atoms with Crippen LogP contribution in [0.2, 0.25) is 0 Å². The maximum absolute atomic E-state index is 13.6. The Bertz CT molecular complexity index is 707. The van der Waals surface area contributed by atoms with Gasteiger partial charge in [-0.1, -0.05) is 130 Å². The zero-order valence-corrected chi connectivity index (χ0v) is 31.1. The minimum atomic E-state index is -0.553. The molecule has 7 nitrogen and oxygen atoms in total. The molecule has 2 unspecified atom stereocenters. The van der Waals surface area contributed by atoms with Gasteiger partial charge in [0.2, 0.25) is 11.8 Å². The fraction of sp³-hybridized carbons (Fsp3) is 0.919. The van der Waals surface area contributed by atoms with Crippen LogP contribution in [0.3, 0.4) is 0 Å². The Morgan fingerprint density at radius 2 is 1.16 bits per heavy atom. The van der Waals surface area contributed by atoms with Crippen molar-refractivity contribution in [3.05, 3.63) is 0 Å². The number of unbranched alkanes of at least 4 members (excludes halogenated alkanes) is 15. The summed E-state index contributed by atoms with van der Waals surface area (Å²) in [7, 11) is 3.96. The van der Waals surface area contributed by atoms with Crippen molar-refractivity contribution in [2.45, 2.75) is 168 Å². The Morgan fingerprint density at radius 1 is 0.644 bits per heavy atom. The van der Waals surface area contributed by atoms with Gasteiger partial charge in [0.1, 0.15) is 6.04 Å². The average molecular weight is 656 g/mol. The molecule has 0 bridgehead atoms. The van der Waals surface area contributed by atoms with Gasteiger partial charge in [0, 0.05) is 24.8 Å². The summed E-state index contributed by atoms with van der Waals surface area (Å²) in [6.45, 7) is 8.46. The van der Waals surface area contributed by atoms with Gasteiger partial charge >= 0.3 is 5.97 Å². The molecule has 0 aliphatic heterocycles. The Balaban J connectivity index is 4.95. The second-order valence-electron chi connectivity index (χ2n) is 13.1. The van der Waals surface area contributed by atoms with Gasteiger partial charge in [0.05, 0.1) is 13.0 Å². The van der Waals surface area contributed by atoms with E-state index in [9.17, 15) is 14.4 Å². The number of nitrogens with one attached hydrogen (secondary N) is 2. The first-order chi connectivity index (χ1) is 21.8. The predicted molar refractivity (Wildman–Crippen MR) is 194 cm³/mol. The van der Waals surface area contributed by atoms with Crippen LogP contribution in [0.5, 0.6) is 0 Å². The van der Waals surface area contributed by atoms with E-state index < -0.39 is 6.04 Å². The molecule has 0 rings (SSSR count). The molecule has 266 valence electrons. The average Bonchev–Trinajstić information content (AvgIpc) is 3.01. The highest BCUT2D eigenvalue weighted by atomic mass is 32.2. The summed E-state index contributed by atoms with van der Waals surface area (Å²) in [6.07, 6.45) is 24.4. The summed E-state index contributed by atoms with van der Waals surface area (Å²) in [5.41, 5.74) is 0. The summed E-state index contributed by atoms with van der Waals surface area (Å²) in [5.74, 6) is 1.11. The molecule has 0 aromatic heterocycles. The summed E-state index contributed by atoms with van der Waals surface area (Å²) in [5, 5.41) is 6.20. The molecule has 0 heterocycles. The number of rotatable bonds is 33. The van der Waals surface area contributed by atoms with E-state index in [1.54, 1.807) is 11.8 Å². The van der Waals surface area contributed by atoms with Crippen molar-refractivity contribution >= 4 is 29.5 Å². The van der Waals surface area contributed by atoms with Crippen molar-refractivity contribution in [3.8, 4) is 0 Å². The number of likely N-dealkylation sites (N-methyl/N-ethyl adjacent to an activating group) is 1. The number of amides is 2. The summed E-state index contributed by atoms with van der Waals surface area (Å²) < 4.78 is 5.35. The van der Waals surface area contributed by atoms with E-state index in [1.165, 1.54) is 89.9 Å². The van der Waals surface area contributed by atoms with Crippen LogP contribution in [0, 0.1) is 5.92 Å². The molecule has 0 aliphatic rings. The van der Waals surface area contributed by atoms with Crippen LogP contribution < -0.4 is 10.6 Å². The Morgan fingerprint density at radius 3 is 1.69 bits per heavy atom. The van der Waals surface area contributed by atoms with Crippen molar-refractivity contribution in [2.24, 2.45) is 5.92 Å². The highest BCUT2D eigenvalue weighted by molar-refractivity contribution is 7.99. The second kappa shape index (κ2) is 32.7. The van der Waals surface area contributed by atoms with Crippen molar-refractivity contribution in [1.82, 2.24) is 15.5 Å². The van der Waals surface area contributed by atoms with Gasteiger partial charge in [-0.3, -0.25) is 14.4 Å². The fourth-order valence-electron chi connectivity index (χ4n) is 5.43. The van der Waals surface area contributed by atoms with Crippen LogP contribution in [0.25, 0.3) is 0 Å². The van der Waals surface area contributed by atoms with E-state index in [4.69, 9.17) is 4.74 Å². The van der Waals surface area contributed by atoms with Gasteiger partial charge in [-0.15, -0.1) is 0 Å². The second-order valence-corrected chi connectivity index (χ2v) is 14.3. The molecule has 0 radical (unpaired) electrons. The first kappa shape index (κ1) is 43.7. The van der Waals surface area contributed by atoms with Gasteiger partial charge in [0.15, 0.2) is 0 Å². The first-order valence-corrected chi connectivity index (χ1v) is 20.0. The third-order valence-corrected chi connectivity index (χ3v) is 9.45. The van der Waals surface area contributed by atoms with Crippen molar-refractivity contribution in [1.29, 1.82) is 0 Å². The molecule has 0 spiro atoms. The minimum absolute atomic E-state index is 0.0342. The Hall–Kier alpha value is -1.28. The molecule has 0 aromatic carbocycles. The van der Waals surface area contributed by atoms with E-state index in [2.05, 4.69) is 31.4 Å². The number of esters is 1. The highest BCUT2D eigenvalue weighted by Gasteiger charge is 2.25. The van der Waals surface area contributed by atoms with Crippen molar-refractivity contribution in [3.63, 3.8) is 0 Å². The lowest BCUT2D eigenvalue weighted by atomic mass is 9.93. The van der Waals surface area contributed by atoms with Crippen LogP contribution in [-0.4, -0.2) is 74.0 Å². The predicted octanol–water partition coefficient (Wildman–Crippen LogP) is 8.68. The van der Waals surface area contributed by atoms with E-state index in [0.29, 0.717) is 37.5 Å². The fourth-order valence-corrected chi connectivity index (χ4v) is 6.35. The van der Waals surface area contributed by atoms with Gasteiger partial charge < -0.3 is 20.3 Å². The van der Waals surface area contributed by atoms with Crippen LogP contribution in [-0.2, 0) is 19.1 Å². The monoisotopic (exact) mass is 656 g/mol. The molecule has 0 aliphatic carbocycles. The molecule has 2 amide bonds. The minimum Gasteiger partial charge on any atom is -0.466 e. The largest absolute Gasteiger partial charge is 0.466 e. The molecule has 0 fully saturated rings. The topological polar surface area (TPSA) is 87.7 Å². The van der Waals surface area contributed by atoms with E-state index in [-0.39, 0.29) is 23.7 Å². The third kappa shape index (κ3) is 28.7. The van der Waals surface area contributed by atoms with Gasteiger partial charge in [-0.25, -0.2) is 0 Å². The quantitative estimate of drug-likeness (QED) is 0.0543. The van der Waals surface area contributed by atoms with Gasteiger partial charge in [-0.2, -0.15) is 11.8 Å². The van der Waals surface area contributed by atoms with Crippen LogP contribution in [0.15, 0.2) is 0 Å². The van der Waals surface area contributed by atoms with E-state index >= 15 is 0 Å². The van der Waals surface area contributed by atoms with E-state index in [0.717, 1.165) is 45.1 Å². The Kier molecular flexibility index (Phi) is 31.7. The third-order valence-electron chi connectivity index (χ3n) is 8.44. The maximum Gasteiger partial charge on any atom is 0.306 e. The van der Waals surface area contributed by atoms with Crippen molar-refractivity contribution in [2.75, 3.05) is 45.3 Å². The van der Waals surface area contributed by atoms with Crippen LogP contribution >= 0.6 is 11.8 Å². The zero-order valence-electron chi connectivity index (χ0n) is 30.2. The molecular formula is C37H73N3O4S. The van der Waals surface area contributed by atoms with Gasteiger partial charge in [0.25, 0.3) is 0 Å². The normalized spacial score (nSPS) is 12.7. The molecule has 8 heteroatoms. The molecule has 2 N–H and O–H groups in total. The Labute approximate surface area is 282 Å². The molecule has 0 saturated carbocycles. The first-order valence-electron chi connectivity index (χ1n) is 18.8. The number of carbonyl (C=O) groups excluding carboxylic acids is 3. The molecule has 0 aromatic rings. The molecular weight excluding hydrogens is 582 g/mol. The zero-order chi connectivity index (χ0) is 33.4. The summed E-state index contributed by atoms with van der Waals surface area (Å²) >= 11 is 1.65. The van der Waals surface area contributed by atoms with Gasteiger partial charge in [-0.05, 0) is 45.5 Å². The number of hydrogen-bond acceptors (Lipinski definition) is 6. The lowest BCUT2D eigenvalue weighted by Crippen LogP contribution is -2.49. The number of nitrogens with zero attached hydrogens (tertiary/aromatic N) is 1. The summed E-state index contributed by atoms with van der Waals surface area (Å²) in [6, 6.07) is -0.553. The van der Waals surface area contributed by atoms with Crippen LogP contribution in [0.1, 0.15) is 162 Å². The molecule has 0 saturated heterocycles. The maximum atomic E-state index is 13.6. The summed E-state index contributed by atoms with van der Waals surface area (Å²) in [4.78, 5) is 40.9. The smallest absolute Gasteiger partial charge is 0.306 e.